The smallest absolute Gasteiger partial charge is 0.375 e. The van der Waals surface area contributed by atoms with Crippen molar-refractivity contribution in [1.82, 2.24) is 0 Å². The molecule has 27 heavy (non-hydrogen) atoms. The molecule has 0 N–H and O–H groups in total. The molecule has 142 valence electrons. The molecule has 8 nitrogen and oxygen atoms in total. The van der Waals surface area contributed by atoms with Gasteiger partial charge in [0.1, 0.15) is 5.56 Å². The summed E-state index contributed by atoms with van der Waals surface area (Å²) in [6.07, 6.45) is 0.384. The molecule has 0 aliphatic heterocycles. The summed E-state index contributed by atoms with van der Waals surface area (Å²) in [7, 11) is 1.25. The van der Waals surface area contributed by atoms with Crippen LogP contribution in [0.1, 0.15) is 55.7 Å². The van der Waals surface area contributed by atoms with E-state index in [-0.39, 0.29) is 35.7 Å². The lowest BCUT2D eigenvalue weighted by molar-refractivity contribution is 0.0451. The quantitative estimate of drug-likeness (QED) is 0.413. The fourth-order valence-corrected chi connectivity index (χ4v) is 2.45. The summed E-state index contributed by atoms with van der Waals surface area (Å²) in [5.41, 5.74) is 0.541. The summed E-state index contributed by atoms with van der Waals surface area (Å²) < 4.78 is 19.8. The van der Waals surface area contributed by atoms with E-state index in [0.29, 0.717) is 11.8 Å². The van der Waals surface area contributed by atoms with Crippen molar-refractivity contribution >= 4 is 24.2 Å². The minimum absolute atomic E-state index is 0.0569. The van der Waals surface area contributed by atoms with Gasteiger partial charge in [-0.3, -0.25) is 4.79 Å². The van der Waals surface area contributed by atoms with Gasteiger partial charge in [0.25, 0.3) is 0 Å². The van der Waals surface area contributed by atoms with Crippen LogP contribution in [0.15, 0.2) is 28.7 Å². The highest BCUT2D eigenvalue weighted by atomic mass is 16.6. The van der Waals surface area contributed by atoms with Gasteiger partial charge in [0.05, 0.1) is 25.9 Å². The summed E-state index contributed by atoms with van der Waals surface area (Å²) in [5.74, 6) is -2.90. The standard InChI is InChI=1S/C19H18O8/c1-4-25-18(22)15-14(11-6-8-12(9-7-11)17(21)24-3)13(10-20)27-16(15)19(23)26-5-2/h6-10H,4-5H2,1-3H3. The van der Waals surface area contributed by atoms with E-state index in [1.165, 1.54) is 31.4 Å². The molecule has 1 aromatic heterocycles. The highest BCUT2D eigenvalue weighted by molar-refractivity contribution is 6.09. The summed E-state index contributed by atoms with van der Waals surface area (Å²) >= 11 is 0. The van der Waals surface area contributed by atoms with Crippen LogP contribution in [0.2, 0.25) is 0 Å². The van der Waals surface area contributed by atoms with Gasteiger partial charge >= 0.3 is 17.9 Å². The van der Waals surface area contributed by atoms with Crippen molar-refractivity contribution in [3.05, 3.63) is 46.9 Å². The van der Waals surface area contributed by atoms with Gasteiger partial charge in [0.2, 0.25) is 5.76 Å². The van der Waals surface area contributed by atoms with Crippen molar-refractivity contribution in [3.63, 3.8) is 0 Å². The molecule has 0 radical (unpaired) electrons. The van der Waals surface area contributed by atoms with Crippen molar-refractivity contribution in [2.75, 3.05) is 20.3 Å². The van der Waals surface area contributed by atoms with E-state index >= 15 is 0 Å². The molecule has 0 saturated heterocycles. The first kappa shape index (κ1) is 19.9. The summed E-state index contributed by atoms with van der Waals surface area (Å²) in [6.45, 7) is 3.32. The molecule has 8 heteroatoms. The maximum atomic E-state index is 12.4. The monoisotopic (exact) mass is 374 g/mol. The molecule has 0 atom stereocenters. The maximum absolute atomic E-state index is 12.4. The first-order valence-corrected chi connectivity index (χ1v) is 8.13. The van der Waals surface area contributed by atoms with Crippen LogP contribution in [-0.4, -0.2) is 44.5 Å². The van der Waals surface area contributed by atoms with Crippen LogP contribution in [-0.2, 0) is 14.2 Å². The van der Waals surface area contributed by atoms with Crippen molar-refractivity contribution in [2.24, 2.45) is 0 Å². The summed E-state index contributed by atoms with van der Waals surface area (Å²) in [5, 5.41) is 0. The van der Waals surface area contributed by atoms with Gasteiger partial charge in [0, 0.05) is 5.56 Å². The number of carbonyl (C=O) groups is 4. The number of methoxy groups -OCH3 is 1. The summed E-state index contributed by atoms with van der Waals surface area (Å²) in [6, 6.07) is 5.92. The number of aldehydes is 1. The molecule has 0 aliphatic rings. The molecule has 2 aromatic rings. The Hall–Kier alpha value is -3.42. The molecule has 1 heterocycles. The molecule has 0 aliphatic carbocycles. The van der Waals surface area contributed by atoms with Gasteiger partial charge in [0.15, 0.2) is 12.0 Å². The van der Waals surface area contributed by atoms with Crippen LogP contribution in [0.4, 0.5) is 0 Å². The van der Waals surface area contributed by atoms with E-state index in [4.69, 9.17) is 13.9 Å². The highest BCUT2D eigenvalue weighted by Crippen LogP contribution is 2.33. The number of carbonyl (C=O) groups excluding carboxylic acids is 4. The van der Waals surface area contributed by atoms with Crippen LogP contribution in [0, 0.1) is 0 Å². The predicted octanol–water partition coefficient (Wildman–Crippen LogP) is 2.90. The summed E-state index contributed by atoms with van der Waals surface area (Å²) in [4.78, 5) is 47.7. The number of ether oxygens (including phenoxy) is 3. The topological polar surface area (TPSA) is 109 Å². The molecule has 0 bridgehead atoms. The van der Waals surface area contributed by atoms with Crippen molar-refractivity contribution in [3.8, 4) is 11.1 Å². The van der Waals surface area contributed by atoms with Crippen LogP contribution < -0.4 is 0 Å². The zero-order chi connectivity index (χ0) is 20.0. The van der Waals surface area contributed by atoms with Crippen LogP contribution in [0.5, 0.6) is 0 Å². The van der Waals surface area contributed by atoms with Crippen LogP contribution in [0.25, 0.3) is 11.1 Å². The van der Waals surface area contributed by atoms with E-state index in [1.807, 2.05) is 0 Å². The van der Waals surface area contributed by atoms with E-state index < -0.39 is 23.7 Å². The van der Waals surface area contributed by atoms with E-state index in [1.54, 1.807) is 13.8 Å². The maximum Gasteiger partial charge on any atom is 0.375 e. The molecule has 0 amide bonds. The third kappa shape index (κ3) is 4.05. The van der Waals surface area contributed by atoms with Gasteiger partial charge in [-0.25, -0.2) is 14.4 Å². The second-order valence-electron chi connectivity index (χ2n) is 5.17. The van der Waals surface area contributed by atoms with Gasteiger partial charge in [-0.15, -0.1) is 0 Å². The van der Waals surface area contributed by atoms with E-state index in [2.05, 4.69) is 4.74 Å². The lowest BCUT2D eigenvalue weighted by atomic mass is 9.99. The first-order valence-electron chi connectivity index (χ1n) is 8.13. The zero-order valence-electron chi connectivity index (χ0n) is 15.1. The van der Waals surface area contributed by atoms with Crippen molar-refractivity contribution < 1.29 is 37.8 Å². The molecule has 0 unspecified atom stereocenters. The van der Waals surface area contributed by atoms with Crippen molar-refractivity contribution in [1.29, 1.82) is 0 Å². The molecular formula is C19H18O8. The normalized spacial score (nSPS) is 10.2. The number of esters is 3. The fourth-order valence-electron chi connectivity index (χ4n) is 2.45. The SMILES string of the molecule is CCOC(=O)c1oc(C=O)c(-c2ccc(C(=O)OC)cc2)c1C(=O)OCC. The Bertz CT molecular complexity index is 861. The number of benzene rings is 1. The fraction of sp³-hybridized carbons (Fsp3) is 0.263. The molecule has 0 spiro atoms. The minimum Gasteiger partial charge on any atom is -0.465 e. The molecule has 0 saturated carbocycles. The first-order chi connectivity index (χ1) is 13.0. The van der Waals surface area contributed by atoms with E-state index in [0.717, 1.165) is 0 Å². The van der Waals surface area contributed by atoms with Gasteiger partial charge in [-0.2, -0.15) is 0 Å². The lowest BCUT2D eigenvalue weighted by Gasteiger charge is -2.07. The lowest BCUT2D eigenvalue weighted by Crippen LogP contribution is -2.13. The Morgan fingerprint density at radius 2 is 1.56 bits per heavy atom. The minimum atomic E-state index is -0.888. The second-order valence-corrected chi connectivity index (χ2v) is 5.17. The number of rotatable bonds is 7. The van der Waals surface area contributed by atoms with Gasteiger partial charge in [-0.1, -0.05) is 12.1 Å². The molecule has 2 rings (SSSR count). The molecule has 1 aromatic carbocycles. The Morgan fingerprint density at radius 3 is 2.07 bits per heavy atom. The van der Waals surface area contributed by atoms with Crippen molar-refractivity contribution in [2.45, 2.75) is 13.8 Å². The number of hydrogen-bond donors (Lipinski definition) is 0. The van der Waals surface area contributed by atoms with Crippen LogP contribution in [0.3, 0.4) is 0 Å². The number of furan rings is 1. The third-order valence-electron chi connectivity index (χ3n) is 3.58. The Labute approximate surface area is 155 Å². The molecular weight excluding hydrogens is 356 g/mol. The van der Waals surface area contributed by atoms with Gasteiger partial charge in [-0.05, 0) is 31.5 Å². The number of hydrogen-bond acceptors (Lipinski definition) is 8. The van der Waals surface area contributed by atoms with E-state index in [9.17, 15) is 19.2 Å². The Kier molecular flexibility index (Phi) is 6.48. The van der Waals surface area contributed by atoms with Crippen LogP contribution >= 0.6 is 0 Å². The second kappa shape index (κ2) is 8.79. The third-order valence-corrected chi connectivity index (χ3v) is 3.58. The molecule has 0 fully saturated rings. The highest BCUT2D eigenvalue weighted by Gasteiger charge is 2.32. The Balaban J connectivity index is 2.66. The average molecular weight is 374 g/mol. The zero-order valence-corrected chi connectivity index (χ0v) is 15.1. The average Bonchev–Trinajstić information content (AvgIpc) is 3.07. The Morgan fingerprint density at radius 1 is 0.963 bits per heavy atom. The predicted molar refractivity (Wildman–Crippen MR) is 92.8 cm³/mol. The van der Waals surface area contributed by atoms with Gasteiger partial charge < -0.3 is 18.6 Å². The largest absolute Gasteiger partial charge is 0.465 e.